The van der Waals surface area contributed by atoms with Gasteiger partial charge in [0.2, 0.25) is 0 Å². The third kappa shape index (κ3) is 4.90. The summed E-state index contributed by atoms with van der Waals surface area (Å²) in [6.45, 7) is 0. The molecule has 7 aromatic carbocycles. The van der Waals surface area contributed by atoms with Gasteiger partial charge in [-0.1, -0.05) is 140 Å². The van der Waals surface area contributed by atoms with Crippen LogP contribution in [0.1, 0.15) is 0 Å². The van der Waals surface area contributed by atoms with E-state index in [0.29, 0.717) is 5.82 Å². The number of pyridine rings is 1. The average molecular weight is 692 g/mol. The monoisotopic (exact) mass is 691 g/mol. The number of nitrogens with zero attached hydrogens (tertiary/aromatic N) is 3. The van der Waals surface area contributed by atoms with Crippen LogP contribution in [0.25, 0.3) is 111 Å². The van der Waals surface area contributed by atoms with E-state index in [1.165, 1.54) is 0 Å². The predicted octanol–water partition coefficient (Wildman–Crippen LogP) is 13.2. The second-order valence-electron chi connectivity index (χ2n) is 13.6. The normalized spacial score (nSPS) is 11.7. The fourth-order valence-corrected chi connectivity index (χ4v) is 7.67. The third-order valence-corrected chi connectivity index (χ3v) is 10.3. The quantitative estimate of drug-likeness (QED) is 0.180. The van der Waals surface area contributed by atoms with Gasteiger partial charge in [-0.2, -0.15) is 0 Å². The lowest BCUT2D eigenvalue weighted by Crippen LogP contribution is -1.96. The molecule has 0 radical (unpaired) electrons. The standard InChI is InChI=1S/C49H29N3O2/c1-3-13-30(14-4-1)34-27-39-35-17-9-11-21-43(35)53-47(39)40(28-34)42-29-41(50-49(51-42)33-15-5-2-6-16-33)31-23-25-32(26-24-31)45-36-18-7-8-19-37(36)48-46(52-45)38-20-10-12-22-44(38)54-48/h1-29H. The van der Waals surface area contributed by atoms with Crippen molar-refractivity contribution in [2.45, 2.75) is 0 Å². The summed E-state index contributed by atoms with van der Waals surface area (Å²) in [5, 5.41) is 5.21. The summed E-state index contributed by atoms with van der Waals surface area (Å²) in [5.41, 5.74) is 12.7. The van der Waals surface area contributed by atoms with Crippen molar-refractivity contribution in [1.29, 1.82) is 0 Å². The van der Waals surface area contributed by atoms with Crippen molar-refractivity contribution in [3.63, 3.8) is 0 Å². The third-order valence-electron chi connectivity index (χ3n) is 10.3. The maximum atomic E-state index is 6.60. The summed E-state index contributed by atoms with van der Waals surface area (Å²) >= 11 is 0. The Bertz CT molecular complexity index is 3200. The Hall–Kier alpha value is -7.37. The van der Waals surface area contributed by atoms with Crippen LogP contribution in [0.2, 0.25) is 0 Å². The summed E-state index contributed by atoms with van der Waals surface area (Å²) in [5.74, 6) is 0.645. The van der Waals surface area contributed by atoms with Crippen molar-refractivity contribution >= 4 is 54.8 Å². The van der Waals surface area contributed by atoms with Crippen molar-refractivity contribution in [1.82, 2.24) is 15.0 Å². The van der Waals surface area contributed by atoms with Gasteiger partial charge in [-0.05, 0) is 47.5 Å². The molecule has 4 aromatic heterocycles. The van der Waals surface area contributed by atoms with Crippen LogP contribution in [-0.4, -0.2) is 15.0 Å². The number of rotatable bonds is 5. The molecule has 0 spiro atoms. The molecule has 0 aliphatic heterocycles. The van der Waals surface area contributed by atoms with Crippen molar-refractivity contribution in [2.75, 3.05) is 0 Å². The number of aromatic nitrogens is 3. The first-order valence-corrected chi connectivity index (χ1v) is 18.0. The fourth-order valence-electron chi connectivity index (χ4n) is 7.67. The van der Waals surface area contributed by atoms with Gasteiger partial charge in [0.25, 0.3) is 0 Å². The Morgan fingerprint density at radius 1 is 0.333 bits per heavy atom. The molecule has 11 aromatic rings. The molecule has 0 bridgehead atoms. The first-order valence-electron chi connectivity index (χ1n) is 18.0. The van der Waals surface area contributed by atoms with Crippen molar-refractivity contribution in [3.8, 4) is 56.3 Å². The van der Waals surface area contributed by atoms with Crippen LogP contribution in [0.5, 0.6) is 0 Å². The van der Waals surface area contributed by atoms with Crippen molar-refractivity contribution < 1.29 is 8.83 Å². The van der Waals surface area contributed by atoms with Gasteiger partial charge >= 0.3 is 0 Å². The summed E-state index contributed by atoms with van der Waals surface area (Å²) < 4.78 is 12.9. The molecule has 0 saturated carbocycles. The van der Waals surface area contributed by atoms with Crippen LogP contribution in [0, 0.1) is 0 Å². The zero-order valence-corrected chi connectivity index (χ0v) is 28.9. The molecule has 0 atom stereocenters. The van der Waals surface area contributed by atoms with E-state index >= 15 is 0 Å². The van der Waals surface area contributed by atoms with Gasteiger partial charge in [-0.3, -0.25) is 0 Å². The summed E-state index contributed by atoms with van der Waals surface area (Å²) in [6, 6.07) is 60.2. The van der Waals surface area contributed by atoms with E-state index in [-0.39, 0.29) is 0 Å². The topological polar surface area (TPSA) is 65.0 Å². The molecule has 54 heavy (non-hydrogen) atoms. The largest absolute Gasteiger partial charge is 0.455 e. The molecule has 0 aliphatic rings. The highest BCUT2D eigenvalue weighted by Gasteiger charge is 2.20. The molecule has 0 N–H and O–H groups in total. The molecule has 0 saturated heterocycles. The highest BCUT2D eigenvalue weighted by atomic mass is 16.3. The Labute approximate surface area is 309 Å². The van der Waals surface area contributed by atoms with E-state index in [1.54, 1.807) is 0 Å². The Kier molecular flexibility index (Phi) is 6.79. The lowest BCUT2D eigenvalue weighted by atomic mass is 9.97. The second kappa shape index (κ2) is 12.1. The van der Waals surface area contributed by atoms with E-state index in [2.05, 4.69) is 115 Å². The Morgan fingerprint density at radius 3 is 1.67 bits per heavy atom. The van der Waals surface area contributed by atoms with Crippen LogP contribution < -0.4 is 0 Å². The highest BCUT2D eigenvalue weighted by Crippen LogP contribution is 2.41. The molecular formula is C49H29N3O2. The van der Waals surface area contributed by atoms with Gasteiger partial charge in [0.1, 0.15) is 22.3 Å². The minimum absolute atomic E-state index is 0.645. The fraction of sp³-hybridized carbons (Fsp3) is 0. The summed E-state index contributed by atoms with van der Waals surface area (Å²) in [4.78, 5) is 15.6. The molecule has 0 unspecified atom stereocenters. The lowest BCUT2D eigenvalue weighted by molar-refractivity contribution is 0.670. The van der Waals surface area contributed by atoms with Crippen LogP contribution in [0.15, 0.2) is 185 Å². The van der Waals surface area contributed by atoms with Crippen LogP contribution >= 0.6 is 0 Å². The minimum atomic E-state index is 0.645. The van der Waals surface area contributed by atoms with Crippen molar-refractivity contribution in [3.05, 3.63) is 176 Å². The number of benzene rings is 7. The van der Waals surface area contributed by atoms with E-state index < -0.39 is 0 Å². The van der Waals surface area contributed by atoms with E-state index in [1.807, 2.05) is 60.7 Å². The van der Waals surface area contributed by atoms with Crippen LogP contribution in [0.3, 0.4) is 0 Å². The van der Waals surface area contributed by atoms with Crippen LogP contribution in [-0.2, 0) is 0 Å². The molecule has 252 valence electrons. The predicted molar refractivity (Wildman–Crippen MR) is 219 cm³/mol. The van der Waals surface area contributed by atoms with Gasteiger partial charge in [-0.15, -0.1) is 0 Å². The molecule has 0 amide bonds. The average Bonchev–Trinajstić information content (AvgIpc) is 3.82. The van der Waals surface area contributed by atoms with Gasteiger partial charge in [-0.25, -0.2) is 15.0 Å². The summed E-state index contributed by atoms with van der Waals surface area (Å²) in [7, 11) is 0. The molecular weight excluding hydrogens is 663 g/mol. The first-order chi connectivity index (χ1) is 26.7. The number of furan rings is 2. The van der Waals surface area contributed by atoms with E-state index in [0.717, 1.165) is 105 Å². The number of hydrogen-bond donors (Lipinski definition) is 0. The van der Waals surface area contributed by atoms with Gasteiger partial charge in [0.15, 0.2) is 11.4 Å². The number of hydrogen-bond acceptors (Lipinski definition) is 5. The SMILES string of the molecule is c1ccc(-c2cc(-c3cc(-c4ccc(-c5nc6c7ccccc7oc6c6ccccc56)cc4)nc(-c4ccccc4)n3)c3oc4ccccc4c3c2)cc1. The molecule has 0 aliphatic carbocycles. The van der Waals surface area contributed by atoms with E-state index in [4.69, 9.17) is 23.8 Å². The number of para-hydroxylation sites is 2. The first kappa shape index (κ1) is 30.3. The van der Waals surface area contributed by atoms with Gasteiger partial charge < -0.3 is 8.83 Å². The maximum absolute atomic E-state index is 6.60. The van der Waals surface area contributed by atoms with Gasteiger partial charge in [0.05, 0.1) is 17.1 Å². The molecule has 11 rings (SSSR count). The minimum Gasteiger partial charge on any atom is -0.455 e. The van der Waals surface area contributed by atoms with Gasteiger partial charge in [0, 0.05) is 49.2 Å². The molecule has 0 fully saturated rings. The van der Waals surface area contributed by atoms with Crippen molar-refractivity contribution in [2.24, 2.45) is 0 Å². The Morgan fingerprint density at radius 2 is 0.907 bits per heavy atom. The van der Waals surface area contributed by atoms with Crippen LogP contribution in [0.4, 0.5) is 0 Å². The smallest absolute Gasteiger partial charge is 0.161 e. The summed E-state index contributed by atoms with van der Waals surface area (Å²) in [6.07, 6.45) is 0. The molecule has 5 nitrogen and oxygen atoms in total. The number of fused-ring (bicyclic) bond motifs is 8. The maximum Gasteiger partial charge on any atom is 0.161 e. The second-order valence-corrected chi connectivity index (χ2v) is 13.6. The zero-order chi connectivity index (χ0) is 35.6. The highest BCUT2D eigenvalue weighted by molar-refractivity contribution is 6.16. The zero-order valence-electron chi connectivity index (χ0n) is 28.9. The molecule has 4 heterocycles. The Balaban J connectivity index is 1.10. The lowest BCUT2D eigenvalue weighted by Gasteiger charge is -2.12. The van der Waals surface area contributed by atoms with E-state index in [9.17, 15) is 0 Å². The molecule has 5 heteroatoms.